The summed E-state index contributed by atoms with van der Waals surface area (Å²) < 4.78 is 32.2. The number of hydrogen-bond acceptors (Lipinski definition) is 4. The molecule has 0 spiro atoms. The molecule has 0 fully saturated rings. The predicted octanol–water partition coefficient (Wildman–Crippen LogP) is 3.93. The quantitative estimate of drug-likeness (QED) is 0.772. The van der Waals surface area contributed by atoms with Crippen molar-refractivity contribution in [1.82, 2.24) is 5.16 Å². The fourth-order valence-corrected chi connectivity index (χ4v) is 2.60. The molecule has 1 aromatic carbocycles. The van der Waals surface area contributed by atoms with E-state index in [1.165, 1.54) is 23.5 Å². The Morgan fingerprint density at radius 3 is 2.74 bits per heavy atom. The van der Waals surface area contributed by atoms with Gasteiger partial charge in [0.05, 0.1) is 11.1 Å². The zero-order valence-electron chi connectivity index (χ0n) is 9.56. The number of hydrogen-bond donors (Lipinski definition) is 1. The van der Waals surface area contributed by atoms with Crippen LogP contribution in [0.25, 0.3) is 21.8 Å². The Morgan fingerprint density at radius 1 is 1.16 bits per heavy atom. The summed E-state index contributed by atoms with van der Waals surface area (Å²) in [6, 6.07) is 7.52. The van der Waals surface area contributed by atoms with Gasteiger partial charge in [0.25, 0.3) is 0 Å². The van der Waals surface area contributed by atoms with Crippen molar-refractivity contribution in [2.45, 2.75) is 0 Å². The number of rotatable bonds is 2. The molecule has 2 heterocycles. The van der Waals surface area contributed by atoms with E-state index in [2.05, 4.69) is 5.16 Å². The summed E-state index contributed by atoms with van der Waals surface area (Å²) in [7, 11) is 0. The number of halogens is 2. The topological polar surface area (TPSA) is 52.0 Å². The van der Waals surface area contributed by atoms with Crippen LogP contribution in [0, 0.1) is 11.6 Å². The summed E-state index contributed by atoms with van der Waals surface area (Å²) in [5, 5.41) is 5.49. The summed E-state index contributed by atoms with van der Waals surface area (Å²) in [4.78, 5) is 0.789. The number of anilines is 1. The van der Waals surface area contributed by atoms with Gasteiger partial charge in [-0.25, -0.2) is 8.78 Å². The first kappa shape index (κ1) is 11.9. The number of thiophene rings is 1. The van der Waals surface area contributed by atoms with Crippen molar-refractivity contribution in [3.63, 3.8) is 0 Å². The second-order valence-corrected chi connectivity index (χ2v) is 4.80. The highest BCUT2D eigenvalue weighted by Crippen LogP contribution is 2.39. The highest BCUT2D eigenvalue weighted by atomic mass is 32.1. The van der Waals surface area contributed by atoms with Crippen molar-refractivity contribution in [3.8, 4) is 21.8 Å². The lowest BCUT2D eigenvalue weighted by atomic mass is 10.1. The minimum atomic E-state index is -0.976. The lowest BCUT2D eigenvalue weighted by molar-refractivity contribution is 0.430. The predicted molar refractivity (Wildman–Crippen MR) is 69.6 cm³/mol. The van der Waals surface area contributed by atoms with Gasteiger partial charge in [-0.1, -0.05) is 17.3 Å². The molecular formula is C13H8F2N2OS. The van der Waals surface area contributed by atoms with Crippen molar-refractivity contribution in [2.75, 3.05) is 5.73 Å². The molecule has 3 aromatic rings. The second kappa shape index (κ2) is 4.47. The van der Waals surface area contributed by atoms with Crippen LogP contribution < -0.4 is 5.73 Å². The maximum absolute atomic E-state index is 13.8. The molecule has 0 saturated heterocycles. The Labute approximate surface area is 111 Å². The molecule has 2 aromatic heterocycles. The van der Waals surface area contributed by atoms with E-state index in [0.29, 0.717) is 5.56 Å². The molecule has 0 aliphatic heterocycles. The van der Waals surface area contributed by atoms with Crippen molar-refractivity contribution in [2.24, 2.45) is 0 Å². The SMILES string of the molecule is Nc1noc(-c2cccc(F)c2F)c1-c1cccs1. The van der Waals surface area contributed by atoms with E-state index in [9.17, 15) is 8.78 Å². The number of nitrogen functional groups attached to an aromatic ring is 1. The fraction of sp³-hybridized carbons (Fsp3) is 0. The molecule has 2 N–H and O–H groups in total. The van der Waals surface area contributed by atoms with Crippen LogP contribution in [0.2, 0.25) is 0 Å². The normalized spacial score (nSPS) is 10.8. The first-order valence-corrected chi connectivity index (χ1v) is 6.30. The van der Waals surface area contributed by atoms with Gasteiger partial charge in [0.15, 0.2) is 23.2 Å². The monoisotopic (exact) mass is 278 g/mol. The van der Waals surface area contributed by atoms with E-state index in [0.717, 1.165) is 10.9 Å². The summed E-state index contributed by atoms with van der Waals surface area (Å²) in [6.45, 7) is 0. The standard InChI is InChI=1S/C13H8F2N2OS/c14-8-4-1-3-7(11(8)15)12-10(13(16)17-18-12)9-5-2-6-19-9/h1-6H,(H2,16,17). The van der Waals surface area contributed by atoms with E-state index in [1.807, 2.05) is 17.5 Å². The van der Waals surface area contributed by atoms with E-state index in [-0.39, 0.29) is 17.1 Å². The highest BCUT2D eigenvalue weighted by Gasteiger charge is 2.22. The molecule has 0 aliphatic rings. The van der Waals surface area contributed by atoms with Crippen LogP contribution in [0.5, 0.6) is 0 Å². The lowest BCUT2D eigenvalue weighted by Crippen LogP contribution is -1.90. The van der Waals surface area contributed by atoms with Gasteiger partial charge in [-0.3, -0.25) is 0 Å². The minimum absolute atomic E-state index is 0.00704. The van der Waals surface area contributed by atoms with Crippen molar-refractivity contribution in [3.05, 3.63) is 47.3 Å². The first-order valence-electron chi connectivity index (χ1n) is 5.42. The van der Waals surface area contributed by atoms with Gasteiger partial charge >= 0.3 is 0 Å². The maximum Gasteiger partial charge on any atom is 0.180 e. The lowest BCUT2D eigenvalue weighted by Gasteiger charge is -2.02. The van der Waals surface area contributed by atoms with Crippen LogP contribution in [-0.2, 0) is 0 Å². The number of nitrogens with two attached hydrogens (primary N) is 1. The Balaban J connectivity index is 2.25. The van der Waals surface area contributed by atoms with Gasteiger partial charge in [-0.2, -0.15) is 0 Å². The van der Waals surface area contributed by atoms with E-state index in [1.54, 1.807) is 0 Å². The third-order valence-electron chi connectivity index (χ3n) is 2.68. The second-order valence-electron chi connectivity index (χ2n) is 3.85. The molecule has 0 aliphatic carbocycles. The molecule has 0 radical (unpaired) electrons. The van der Waals surface area contributed by atoms with Crippen LogP contribution in [-0.4, -0.2) is 5.16 Å². The Hall–Kier alpha value is -2.21. The molecule has 6 heteroatoms. The van der Waals surface area contributed by atoms with Crippen molar-refractivity contribution >= 4 is 17.2 Å². The third kappa shape index (κ3) is 1.90. The van der Waals surface area contributed by atoms with Crippen LogP contribution in [0.3, 0.4) is 0 Å². The zero-order valence-corrected chi connectivity index (χ0v) is 10.4. The van der Waals surface area contributed by atoms with Crippen LogP contribution in [0.4, 0.5) is 14.6 Å². The summed E-state index contributed by atoms with van der Waals surface area (Å²) in [5.41, 5.74) is 6.24. The third-order valence-corrected chi connectivity index (χ3v) is 3.57. The average Bonchev–Trinajstić information content (AvgIpc) is 3.02. The number of aromatic nitrogens is 1. The van der Waals surface area contributed by atoms with Gasteiger partial charge in [-0.15, -0.1) is 11.3 Å². The molecule has 3 rings (SSSR count). The molecule has 0 saturated carbocycles. The average molecular weight is 278 g/mol. The van der Waals surface area contributed by atoms with Gasteiger partial charge in [0.1, 0.15) is 0 Å². The fourth-order valence-electron chi connectivity index (χ4n) is 1.82. The van der Waals surface area contributed by atoms with E-state index < -0.39 is 11.6 Å². The number of benzene rings is 1. The van der Waals surface area contributed by atoms with Gasteiger partial charge in [0, 0.05) is 4.88 Å². The van der Waals surface area contributed by atoms with Gasteiger partial charge in [-0.05, 0) is 23.6 Å². The molecule has 3 nitrogen and oxygen atoms in total. The summed E-state index contributed by atoms with van der Waals surface area (Å²) in [6.07, 6.45) is 0. The Bertz CT molecular complexity index is 722. The highest BCUT2D eigenvalue weighted by molar-refractivity contribution is 7.13. The van der Waals surface area contributed by atoms with Gasteiger partial charge < -0.3 is 10.3 Å². The Kier molecular flexibility index (Phi) is 2.79. The zero-order chi connectivity index (χ0) is 13.4. The molecule has 96 valence electrons. The minimum Gasteiger partial charge on any atom is -0.380 e. The number of nitrogens with zero attached hydrogens (tertiary/aromatic N) is 1. The molecule has 19 heavy (non-hydrogen) atoms. The molecular weight excluding hydrogens is 270 g/mol. The smallest absolute Gasteiger partial charge is 0.180 e. The molecule has 0 atom stereocenters. The molecule has 0 unspecified atom stereocenters. The summed E-state index contributed by atoms with van der Waals surface area (Å²) >= 11 is 1.42. The summed E-state index contributed by atoms with van der Waals surface area (Å²) in [5.74, 6) is -1.63. The van der Waals surface area contributed by atoms with Crippen molar-refractivity contribution < 1.29 is 13.3 Å². The van der Waals surface area contributed by atoms with Crippen molar-refractivity contribution in [1.29, 1.82) is 0 Å². The largest absolute Gasteiger partial charge is 0.380 e. The van der Waals surface area contributed by atoms with Crippen LogP contribution in [0.1, 0.15) is 0 Å². The molecule has 0 amide bonds. The van der Waals surface area contributed by atoms with E-state index in [4.69, 9.17) is 10.3 Å². The van der Waals surface area contributed by atoms with E-state index >= 15 is 0 Å². The van der Waals surface area contributed by atoms with Crippen LogP contribution in [0.15, 0.2) is 40.2 Å². The first-order chi connectivity index (χ1) is 9.18. The maximum atomic E-state index is 13.8. The Morgan fingerprint density at radius 2 is 2.00 bits per heavy atom. The van der Waals surface area contributed by atoms with Gasteiger partial charge in [0.2, 0.25) is 0 Å². The molecule has 0 bridgehead atoms. The van der Waals surface area contributed by atoms with Crippen LogP contribution >= 0.6 is 11.3 Å².